The number of benzene rings is 1. The molecule has 1 aromatic carbocycles. The molecule has 132 valence electrons. The zero-order valence-corrected chi connectivity index (χ0v) is 13.7. The second kappa shape index (κ2) is 10.5. The first-order valence-electron chi connectivity index (χ1n) is 7.65. The van der Waals surface area contributed by atoms with E-state index in [1.54, 1.807) is 12.1 Å². The van der Waals surface area contributed by atoms with E-state index in [2.05, 4.69) is 18.6 Å². The Morgan fingerprint density at radius 2 is 2.17 bits per heavy atom. The van der Waals surface area contributed by atoms with Crippen molar-refractivity contribution in [3.05, 3.63) is 30.1 Å². The first-order chi connectivity index (χ1) is 11.4. The minimum atomic E-state index is -0.884. The summed E-state index contributed by atoms with van der Waals surface area (Å²) in [5, 5.41) is 8.90. The molecule has 0 aliphatic carbocycles. The van der Waals surface area contributed by atoms with E-state index in [4.69, 9.17) is 21.1 Å². The van der Waals surface area contributed by atoms with Gasteiger partial charge in [0, 0.05) is 6.42 Å². The third-order valence-corrected chi connectivity index (χ3v) is 3.29. The van der Waals surface area contributed by atoms with Crippen molar-refractivity contribution in [1.29, 1.82) is 0 Å². The molecule has 0 saturated carbocycles. The quantitative estimate of drug-likeness (QED) is 0.491. The number of halogens is 1. The van der Waals surface area contributed by atoms with Crippen molar-refractivity contribution >= 4 is 6.03 Å². The van der Waals surface area contributed by atoms with Gasteiger partial charge in [-0.3, -0.25) is 5.21 Å². The molecule has 3 N–H and O–H groups in total. The van der Waals surface area contributed by atoms with E-state index < -0.39 is 6.03 Å². The lowest BCUT2D eigenvalue weighted by Crippen LogP contribution is -2.33. The van der Waals surface area contributed by atoms with Crippen LogP contribution in [0.1, 0.15) is 26.2 Å². The van der Waals surface area contributed by atoms with Crippen molar-refractivity contribution in [1.82, 2.24) is 5.06 Å². The first-order valence-corrected chi connectivity index (χ1v) is 7.65. The molecule has 7 heteroatoms. The molecule has 1 heterocycles. The zero-order chi connectivity index (χ0) is 17.9. The van der Waals surface area contributed by atoms with Crippen LogP contribution in [0.25, 0.3) is 0 Å². The lowest BCUT2D eigenvalue weighted by Gasteiger charge is -2.12. The maximum absolute atomic E-state index is 12.6. The Morgan fingerprint density at radius 3 is 2.67 bits per heavy atom. The molecule has 6 nitrogen and oxygen atoms in total. The Morgan fingerprint density at radius 1 is 1.50 bits per heavy atom. The monoisotopic (exact) mass is 338 g/mol. The van der Waals surface area contributed by atoms with Crippen LogP contribution in [0, 0.1) is 18.2 Å². The van der Waals surface area contributed by atoms with Gasteiger partial charge in [-0.2, -0.15) is 0 Å². The molecule has 24 heavy (non-hydrogen) atoms. The molecule has 0 radical (unpaired) electrons. The third kappa shape index (κ3) is 7.81. The normalized spacial score (nSPS) is 18.9. The van der Waals surface area contributed by atoms with Gasteiger partial charge < -0.3 is 15.2 Å². The number of hydrogen-bond donors (Lipinski definition) is 2. The van der Waals surface area contributed by atoms with Gasteiger partial charge in [0.05, 0.1) is 18.8 Å². The molecule has 1 saturated heterocycles. The number of amides is 2. The second-order valence-corrected chi connectivity index (χ2v) is 5.33. The first kappa shape index (κ1) is 19.7. The lowest BCUT2D eigenvalue weighted by molar-refractivity contribution is -0.0372. The molecule has 2 atom stereocenters. The number of nitrogens with two attached hydrogens (primary N) is 1. The molecule has 2 rings (SSSR count). The van der Waals surface area contributed by atoms with Crippen LogP contribution >= 0.6 is 0 Å². The van der Waals surface area contributed by atoms with Crippen molar-refractivity contribution < 1.29 is 23.9 Å². The highest BCUT2D eigenvalue weighted by atomic mass is 19.1. The topological polar surface area (TPSA) is 85.0 Å². The SMILES string of the molecule is C#CCCN(O)C(N)=O.C[C@@H]1CC[C@@H](COc2ccc(F)cc2)O1. The van der Waals surface area contributed by atoms with Crippen molar-refractivity contribution in [2.24, 2.45) is 5.73 Å². The average Bonchev–Trinajstić information content (AvgIpc) is 2.98. The van der Waals surface area contributed by atoms with Crippen LogP contribution in [0.5, 0.6) is 5.75 Å². The summed E-state index contributed by atoms with van der Waals surface area (Å²) < 4.78 is 23.7. The average molecular weight is 338 g/mol. The molecular weight excluding hydrogens is 315 g/mol. The zero-order valence-electron chi connectivity index (χ0n) is 13.7. The molecule has 1 aliphatic heterocycles. The molecule has 0 aromatic heterocycles. The standard InChI is InChI=1S/C12H15FO2.C5H8N2O2/c1-9-2-5-12(15-9)8-14-11-6-3-10(13)4-7-11;1-2-3-4-7(9)5(6)8/h3-4,6-7,9,12H,2,5,8H2,1H3;1,9H,3-4H2,(H2,6,8)/t9-,12+;/m1./s1. The highest BCUT2D eigenvalue weighted by Crippen LogP contribution is 2.20. The van der Waals surface area contributed by atoms with E-state index in [-0.39, 0.29) is 18.5 Å². The van der Waals surface area contributed by atoms with Crippen LogP contribution in [0.4, 0.5) is 9.18 Å². The highest BCUT2D eigenvalue weighted by Gasteiger charge is 2.22. The fourth-order valence-corrected chi connectivity index (χ4v) is 2.01. The smallest absolute Gasteiger partial charge is 0.338 e. The molecule has 1 fully saturated rings. The number of primary amides is 1. The van der Waals surface area contributed by atoms with E-state index in [1.165, 1.54) is 12.1 Å². The number of ether oxygens (including phenoxy) is 2. The molecule has 2 amide bonds. The summed E-state index contributed by atoms with van der Waals surface area (Å²) in [7, 11) is 0. The van der Waals surface area contributed by atoms with Crippen molar-refractivity contribution in [3.8, 4) is 18.1 Å². The van der Waals surface area contributed by atoms with E-state index >= 15 is 0 Å². The van der Waals surface area contributed by atoms with Crippen LogP contribution in [0.2, 0.25) is 0 Å². The van der Waals surface area contributed by atoms with E-state index in [1.807, 2.05) is 0 Å². The number of hydrogen-bond acceptors (Lipinski definition) is 4. The Labute approximate surface area is 141 Å². The summed E-state index contributed by atoms with van der Waals surface area (Å²) in [4.78, 5) is 10.0. The summed E-state index contributed by atoms with van der Waals surface area (Å²) in [6.45, 7) is 2.71. The predicted octanol–water partition coefficient (Wildman–Crippen LogP) is 2.55. The van der Waals surface area contributed by atoms with Gasteiger partial charge in [0.25, 0.3) is 0 Å². The van der Waals surface area contributed by atoms with Gasteiger partial charge in [0.1, 0.15) is 18.2 Å². The molecule has 0 bridgehead atoms. The summed E-state index contributed by atoms with van der Waals surface area (Å²) in [5.74, 6) is 2.70. The third-order valence-electron chi connectivity index (χ3n) is 3.29. The summed E-state index contributed by atoms with van der Waals surface area (Å²) in [6.07, 6.45) is 7.81. The van der Waals surface area contributed by atoms with Crippen LogP contribution in [-0.2, 0) is 4.74 Å². The maximum Gasteiger partial charge on any atom is 0.338 e. The van der Waals surface area contributed by atoms with Gasteiger partial charge in [-0.15, -0.1) is 12.3 Å². The number of urea groups is 1. The molecule has 1 aliphatic rings. The van der Waals surface area contributed by atoms with E-state index in [0.29, 0.717) is 29.9 Å². The largest absolute Gasteiger partial charge is 0.491 e. The van der Waals surface area contributed by atoms with Crippen molar-refractivity contribution in [2.75, 3.05) is 13.2 Å². The maximum atomic E-state index is 12.6. The Kier molecular flexibility index (Phi) is 8.61. The highest BCUT2D eigenvalue weighted by molar-refractivity contribution is 5.70. The number of carbonyl (C=O) groups excluding carboxylic acids is 1. The number of nitrogens with zero attached hydrogens (tertiary/aromatic N) is 1. The molecular formula is C17H23FN2O4. The van der Waals surface area contributed by atoms with Crippen molar-refractivity contribution in [2.45, 2.75) is 38.4 Å². The molecule has 0 spiro atoms. The van der Waals surface area contributed by atoms with Crippen LogP contribution < -0.4 is 10.5 Å². The Bertz CT molecular complexity index is 545. The van der Waals surface area contributed by atoms with Gasteiger partial charge >= 0.3 is 6.03 Å². The fourth-order valence-electron chi connectivity index (χ4n) is 2.01. The minimum absolute atomic E-state index is 0.0891. The van der Waals surface area contributed by atoms with Gasteiger partial charge in [-0.1, -0.05) is 0 Å². The van der Waals surface area contributed by atoms with Crippen LogP contribution in [0.3, 0.4) is 0 Å². The van der Waals surface area contributed by atoms with Crippen molar-refractivity contribution in [3.63, 3.8) is 0 Å². The van der Waals surface area contributed by atoms with E-state index in [0.717, 1.165) is 12.8 Å². The lowest BCUT2D eigenvalue weighted by atomic mass is 10.2. The van der Waals surface area contributed by atoms with Gasteiger partial charge in [-0.05, 0) is 44.0 Å². The van der Waals surface area contributed by atoms with Gasteiger partial charge in [-0.25, -0.2) is 14.2 Å². The van der Waals surface area contributed by atoms with Gasteiger partial charge in [0.15, 0.2) is 0 Å². The summed E-state index contributed by atoms with van der Waals surface area (Å²) >= 11 is 0. The second-order valence-electron chi connectivity index (χ2n) is 5.33. The summed E-state index contributed by atoms with van der Waals surface area (Å²) in [6, 6.07) is 5.17. The predicted molar refractivity (Wildman–Crippen MR) is 87.0 cm³/mol. The van der Waals surface area contributed by atoms with Crippen LogP contribution in [0.15, 0.2) is 24.3 Å². The number of terminal acetylenes is 1. The Balaban J connectivity index is 0.000000277. The molecule has 1 aromatic rings. The van der Waals surface area contributed by atoms with Crippen LogP contribution in [-0.4, -0.2) is 41.7 Å². The van der Waals surface area contributed by atoms with E-state index in [9.17, 15) is 9.18 Å². The number of rotatable bonds is 5. The molecule has 0 unspecified atom stereocenters. The number of carbonyl (C=O) groups is 1. The Hall–Kier alpha value is -2.30. The minimum Gasteiger partial charge on any atom is -0.491 e. The summed E-state index contributed by atoms with van der Waals surface area (Å²) in [5.41, 5.74) is 4.65. The van der Waals surface area contributed by atoms with Gasteiger partial charge in [0.2, 0.25) is 0 Å². The number of hydroxylamine groups is 2. The fraction of sp³-hybridized carbons (Fsp3) is 0.471.